The molecule has 4 heterocycles. The molecule has 1 aliphatic heterocycles. The first-order valence-corrected chi connectivity index (χ1v) is 10.2. The molecular weight excluding hydrogens is 394 g/mol. The summed E-state index contributed by atoms with van der Waals surface area (Å²) in [6.07, 6.45) is 7.25. The van der Waals surface area contributed by atoms with Crippen LogP contribution in [0.15, 0.2) is 61.3 Å². The lowest BCUT2D eigenvalue weighted by Crippen LogP contribution is -2.54. The standard InChI is InChI=1S/C22H23N7O2/c1-27-9-17(8-24-27)16-7-20-21(23-14-25-29(20)12-16)28-10-18(11-28)22(31)26-19(13-30)15-5-3-2-4-6-15/h2-9,12,14,18-19,30H,10-11,13H2,1H3,(H,26,31)/t19-/m0/s1. The minimum atomic E-state index is -0.402. The highest BCUT2D eigenvalue weighted by atomic mass is 16.3. The lowest BCUT2D eigenvalue weighted by Gasteiger charge is -2.39. The highest BCUT2D eigenvalue weighted by Gasteiger charge is 2.35. The zero-order valence-electron chi connectivity index (χ0n) is 17.1. The van der Waals surface area contributed by atoms with E-state index in [-0.39, 0.29) is 18.4 Å². The first kappa shape index (κ1) is 19.3. The smallest absolute Gasteiger partial charge is 0.227 e. The van der Waals surface area contributed by atoms with Gasteiger partial charge in [-0.15, -0.1) is 0 Å². The zero-order chi connectivity index (χ0) is 21.4. The molecule has 9 heteroatoms. The van der Waals surface area contributed by atoms with E-state index in [9.17, 15) is 9.90 Å². The van der Waals surface area contributed by atoms with Crippen molar-refractivity contribution in [3.05, 3.63) is 66.9 Å². The van der Waals surface area contributed by atoms with Crippen LogP contribution in [0, 0.1) is 5.92 Å². The molecule has 9 nitrogen and oxygen atoms in total. The van der Waals surface area contributed by atoms with E-state index in [1.807, 2.05) is 62.0 Å². The summed E-state index contributed by atoms with van der Waals surface area (Å²) in [5.74, 6) is 0.590. The number of hydrogen-bond donors (Lipinski definition) is 2. The van der Waals surface area contributed by atoms with E-state index >= 15 is 0 Å². The molecule has 31 heavy (non-hydrogen) atoms. The number of hydrogen-bond acceptors (Lipinski definition) is 6. The summed E-state index contributed by atoms with van der Waals surface area (Å²) in [6, 6.07) is 11.1. The summed E-state index contributed by atoms with van der Waals surface area (Å²) in [7, 11) is 1.88. The molecule has 1 aromatic carbocycles. The monoisotopic (exact) mass is 417 g/mol. The number of benzene rings is 1. The second kappa shape index (κ2) is 7.84. The average molecular weight is 417 g/mol. The number of rotatable bonds is 6. The van der Waals surface area contributed by atoms with E-state index < -0.39 is 6.04 Å². The Kier molecular flexibility index (Phi) is 4.87. The van der Waals surface area contributed by atoms with Crippen LogP contribution in [0.3, 0.4) is 0 Å². The van der Waals surface area contributed by atoms with E-state index in [2.05, 4.69) is 25.4 Å². The van der Waals surface area contributed by atoms with Crippen LogP contribution in [-0.4, -0.2) is 55.1 Å². The van der Waals surface area contributed by atoms with Gasteiger partial charge in [-0.3, -0.25) is 9.48 Å². The van der Waals surface area contributed by atoms with Crippen molar-refractivity contribution >= 4 is 17.2 Å². The number of aliphatic hydroxyl groups is 1. The molecule has 1 amide bonds. The van der Waals surface area contributed by atoms with E-state index in [0.717, 1.165) is 28.0 Å². The van der Waals surface area contributed by atoms with Crippen LogP contribution in [0.4, 0.5) is 5.82 Å². The van der Waals surface area contributed by atoms with Crippen molar-refractivity contribution in [1.82, 2.24) is 29.7 Å². The van der Waals surface area contributed by atoms with Gasteiger partial charge >= 0.3 is 0 Å². The molecule has 0 spiro atoms. The predicted molar refractivity (Wildman–Crippen MR) is 115 cm³/mol. The summed E-state index contributed by atoms with van der Waals surface area (Å²) in [4.78, 5) is 19.2. The predicted octanol–water partition coefficient (Wildman–Crippen LogP) is 1.42. The summed E-state index contributed by atoms with van der Waals surface area (Å²) in [5.41, 5.74) is 3.80. The van der Waals surface area contributed by atoms with Crippen LogP contribution in [0.25, 0.3) is 16.6 Å². The Morgan fingerprint density at radius 2 is 2.00 bits per heavy atom. The zero-order valence-corrected chi connectivity index (χ0v) is 17.1. The van der Waals surface area contributed by atoms with E-state index in [0.29, 0.717) is 13.1 Å². The third kappa shape index (κ3) is 3.64. The number of carbonyl (C=O) groups excluding carboxylic acids is 1. The Balaban J connectivity index is 1.29. The van der Waals surface area contributed by atoms with Crippen LogP contribution in [0.1, 0.15) is 11.6 Å². The minimum Gasteiger partial charge on any atom is -0.394 e. The van der Waals surface area contributed by atoms with Gasteiger partial charge in [0.25, 0.3) is 0 Å². The number of aliphatic hydroxyl groups excluding tert-OH is 1. The molecule has 1 saturated heterocycles. The van der Waals surface area contributed by atoms with E-state index in [4.69, 9.17) is 0 Å². The van der Waals surface area contributed by atoms with Gasteiger partial charge in [-0.25, -0.2) is 9.50 Å². The second-order valence-electron chi connectivity index (χ2n) is 7.80. The highest BCUT2D eigenvalue weighted by Crippen LogP contribution is 2.30. The van der Waals surface area contributed by atoms with Crippen LogP contribution < -0.4 is 10.2 Å². The molecule has 3 aromatic heterocycles. The topological polar surface area (TPSA) is 101 Å². The van der Waals surface area contributed by atoms with Crippen molar-refractivity contribution in [2.45, 2.75) is 6.04 Å². The van der Waals surface area contributed by atoms with Crippen LogP contribution in [-0.2, 0) is 11.8 Å². The third-order valence-electron chi connectivity index (χ3n) is 5.68. The molecular formula is C22H23N7O2. The fraction of sp³-hybridized carbons (Fsp3) is 0.273. The lowest BCUT2D eigenvalue weighted by molar-refractivity contribution is -0.126. The van der Waals surface area contributed by atoms with Gasteiger partial charge in [0.15, 0.2) is 5.82 Å². The quantitative estimate of drug-likeness (QED) is 0.492. The van der Waals surface area contributed by atoms with Crippen molar-refractivity contribution in [2.75, 3.05) is 24.6 Å². The summed E-state index contributed by atoms with van der Waals surface area (Å²) >= 11 is 0. The third-order valence-corrected chi connectivity index (χ3v) is 5.68. The maximum Gasteiger partial charge on any atom is 0.227 e. The second-order valence-corrected chi connectivity index (χ2v) is 7.80. The minimum absolute atomic E-state index is 0.0596. The molecule has 1 fully saturated rings. The van der Waals surface area contributed by atoms with Gasteiger partial charge in [0, 0.05) is 43.7 Å². The Bertz CT molecular complexity index is 1210. The molecule has 0 saturated carbocycles. The van der Waals surface area contributed by atoms with Gasteiger partial charge in [0.1, 0.15) is 11.8 Å². The van der Waals surface area contributed by atoms with Crippen molar-refractivity contribution in [1.29, 1.82) is 0 Å². The largest absolute Gasteiger partial charge is 0.394 e. The molecule has 0 aliphatic carbocycles. The van der Waals surface area contributed by atoms with E-state index in [1.165, 1.54) is 6.33 Å². The molecule has 1 aliphatic rings. The number of aromatic nitrogens is 5. The number of aryl methyl sites for hydroxylation is 1. The first-order valence-electron chi connectivity index (χ1n) is 10.2. The fourth-order valence-corrected chi connectivity index (χ4v) is 3.92. The molecule has 0 radical (unpaired) electrons. The number of carbonyl (C=O) groups is 1. The molecule has 4 aromatic rings. The van der Waals surface area contributed by atoms with E-state index in [1.54, 1.807) is 9.20 Å². The molecule has 0 unspecified atom stereocenters. The lowest BCUT2D eigenvalue weighted by atomic mass is 9.97. The van der Waals surface area contributed by atoms with Crippen LogP contribution in [0.2, 0.25) is 0 Å². The van der Waals surface area contributed by atoms with Crippen LogP contribution in [0.5, 0.6) is 0 Å². The van der Waals surface area contributed by atoms with Gasteiger partial charge in [-0.2, -0.15) is 10.2 Å². The number of amides is 1. The van der Waals surface area contributed by atoms with Crippen molar-refractivity contribution < 1.29 is 9.90 Å². The SMILES string of the molecule is Cn1cc(-c2cc3c(N4CC(C(=O)N[C@@H](CO)c5ccccc5)C4)ncnn3c2)cn1. The number of nitrogens with one attached hydrogen (secondary N) is 1. The summed E-state index contributed by atoms with van der Waals surface area (Å²) in [6.45, 7) is 0.998. The van der Waals surface area contributed by atoms with Crippen molar-refractivity contribution in [3.8, 4) is 11.1 Å². The summed E-state index contributed by atoms with van der Waals surface area (Å²) < 4.78 is 3.56. The van der Waals surface area contributed by atoms with Gasteiger partial charge in [-0.05, 0) is 11.6 Å². The van der Waals surface area contributed by atoms with Crippen molar-refractivity contribution in [2.24, 2.45) is 13.0 Å². The molecule has 2 N–H and O–H groups in total. The number of fused-ring (bicyclic) bond motifs is 1. The highest BCUT2D eigenvalue weighted by molar-refractivity contribution is 5.84. The Hall–Kier alpha value is -3.72. The van der Waals surface area contributed by atoms with Crippen LogP contribution >= 0.6 is 0 Å². The van der Waals surface area contributed by atoms with Gasteiger partial charge in [-0.1, -0.05) is 30.3 Å². The fourth-order valence-electron chi connectivity index (χ4n) is 3.92. The maximum atomic E-state index is 12.7. The molecule has 5 rings (SSSR count). The molecule has 0 bridgehead atoms. The number of nitrogens with zero attached hydrogens (tertiary/aromatic N) is 6. The molecule has 1 atom stereocenters. The van der Waals surface area contributed by atoms with Crippen molar-refractivity contribution in [3.63, 3.8) is 0 Å². The Morgan fingerprint density at radius 1 is 1.19 bits per heavy atom. The Labute approximate surface area is 178 Å². The van der Waals surface area contributed by atoms with Gasteiger partial charge < -0.3 is 15.3 Å². The maximum absolute atomic E-state index is 12.7. The summed E-state index contributed by atoms with van der Waals surface area (Å²) in [5, 5.41) is 21.2. The van der Waals surface area contributed by atoms with Gasteiger partial charge in [0.05, 0.1) is 24.8 Å². The normalized spacial score (nSPS) is 15.1. The van der Waals surface area contributed by atoms with Gasteiger partial charge in [0.2, 0.25) is 5.91 Å². The first-order chi connectivity index (χ1) is 15.1. The average Bonchev–Trinajstić information content (AvgIpc) is 3.38. The Morgan fingerprint density at radius 3 is 2.71 bits per heavy atom. The number of anilines is 1. The molecule has 158 valence electrons.